The van der Waals surface area contributed by atoms with Gasteiger partial charge in [0.15, 0.2) is 5.82 Å². The lowest BCUT2D eigenvalue weighted by atomic mass is 9.93. The third-order valence-electron chi connectivity index (χ3n) is 3.80. The van der Waals surface area contributed by atoms with Crippen molar-refractivity contribution in [3.05, 3.63) is 35.7 Å². The molecule has 2 aromatic heterocycles. The molecule has 0 spiro atoms. The average molecular weight is 286 g/mol. The van der Waals surface area contributed by atoms with E-state index in [2.05, 4.69) is 19.9 Å². The van der Waals surface area contributed by atoms with Gasteiger partial charge in [-0.2, -0.15) is 0 Å². The third kappa shape index (κ3) is 2.86. The number of anilines is 1. The first-order chi connectivity index (χ1) is 10.1. The molecule has 7 nitrogen and oxygen atoms in total. The Bertz CT molecular complexity index is 644. The van der Waals surface area contributed by atoms with Crippen LogP contribution in [0.2, 0.25) is 0 Å². The summed E-state index contributed by atoms with van der Waals surface area (Å²) in [6.07, 6.45) is 5.11. The van der Waals surface area contributed by atoms with E-state index in [0.29, 0.717) is 30.8 Å². The van der Waals surface area contributed by atoms with E-state index in [1.165, 1.54) is 0 Å². The van der Waals surface area contributed by atoms with Crippen LogP contribution in [0.3, 0.4) is 0 Å². The van der Waals surface area contributed by atoms with Gasteiger partial charge >= 0.3 is 0 Å². The van der Waals surface area contributed by atoms with Gasteiger partial charge in [0.25, 0.3) is 5.91 Å². The molecule has 0 saturated carbocycles. The lowest BCUT2D eigenvalue weighted by Crippen LogP contribution is -2.38. The summed E-state index contributed by atoms with van der Waals surface area (Å²) in [5.74, 6) is 1.01. The zero-order chi connectivity index (χ0) is 14.8. The highest BCUT2D eigenvalue weighted by molar-refractivity contribution is 5.90. The van der Waals surface area contributed by atoms with Gasteiger partial charge in [-0.3, -0.25) is 4.79 Å². The van der Waals surface area contributed by atoms with Crippen LogP contribution in [-0.4, -0.2) is 43.8 Å². The number of rotatable bonds is 2. The zero-order valence-electron chi connectivity index (χ0n) is 11.9. The van der Waals surface area contributed by atoms with E-state index in [9.17, 15) is 4.79 Å². The number of aryl methyl sites for hydroxylation is 1. The third-order valence-corrected chi connectivity index (χ3v) is 3.80. The fraction of sp³-hybridized carbons (Fsp3) is 0.429. The smallest absolute Gasteiger partial charge is 0.289 e. The summed E-state index contributed by atoms with van der Waals surface area (Å²) in [6.45, 7) is 3.29. The maximum absolute atomic E-state index is 12.3. The molecule has 1 fully saturated rings. The Morgan fingerprint density at radius 1 is 1.38 bits per heavy atom. The van der Waals surface area contributed by atoms with Crippen LogP contribution in [0.25, 0.3) is 0 Å². The number of H-pyrrole nitrogens is 1. The number of piperidine rings is 1. The minimum Gasteiger partial charge on any atom is -0.368 e. The van der Waals surface area contributed by atoms with Crippen LogP contribution in [0.1, 0.15) is 40.8 Å². The fourth-order valence-electron chi connectivity index (χ4n) is 2.67. The first-order valence-electron chi connectivity index (χ1n) is 7.03. The molecule has 3 rings (SSSR count). The minimum atomic E-state index is -0.0382. The minimum absolute atomic E-state index is 0.0382. The predicted molar refractivity (Wildman–Crippen MR) is 77.6 cm³/mol. The number of aromatic amines is 1. The Kier molecular flexibility index (Phi) is 3.55. The molecule has 3 heterocycles. The quantitative estimate of drug-likeness (QED) is 0.861. The van der Waals surface area contributed by atoms with Gasteiger partial charge < -0.3 is 15.6 Å². The van der Waals surface area contributed by atoms with Crippen molar-refractivity contribution in [3.63, 3.8) is 0 Å². The molecule has 2 aromatic rings. The summed E-state index contributed by atoms with van der Waals surface area (Å²) in [4.78, 5) is 29.4. The van der Waals surface area contributed by atoms with Gasteiger partial charge in [0, 0.05) is 42.8 Å². The second kappa shape index (κ2) is 5.51. The summed E-state index contributed by atoms with van der Waals surface area (Å²) < 4.78 is 0. The van der Waals surface area contributed by atoms with E-state index in [4.69, 9.17) is 5.73 Å². The van der Waals surface area contributed by atoms with Crippen molar-refractivity contribution in [2.75, 3.05) is 18.8 Å². The monoisotopic (exact) mass is 286 g/mol. The maximum Gasteiger partial charge on any atom is 0.289 e. The van der Waals surface area contributed by atoms with E-state index in [1.807, 2.05) is 17.9 Å². The molecule has 1 saturated heterocycles. The molecule has 0 unspecified atom stereocenters. The standard InChI is InChI=1S/C14H18N6O/c1-9-8-17-12(18-9)13(21)20-6-3-10(4-7-20)11-2-5-16-14(15)19-11/h2,5,8,10H,3-4,6-7H2,1H3,(H,17,18)(H2,15,16,19). The Morgan fingerprint density at radius 3 is 2.76 bits per heavy atom. The zero-order valence-corrected chi connectivity index (χ0v) is 11.9. The second-order valence-corrected chi connectivity index (χ2v) is 5.32. The summed E-state index contributed by atoms with van der Waals surface area (Å²) in [7, 11) is 0. The summed E-state index contributed by atoms with van der Waals surface area (Å²) in [6, 6.07) is 1.90. The highest BCUT2D eigenvalue weighted by Crippen LogP contribution is 2.27. The van der Waals surface area contributed by atoms with Gasteiger partial charge in [0.05, 0.1) is 0 Å². The fourth-order valence-corrected chi connectivity index (χ4v) is 2.67. The van der Waals surface area contributed by atoms with Crippen molar-refractivity contribution in [3.8, 4) is 0 Å². The van der Waals surface area contributed by atoms with Crippen LogP contribution in [0.15, 0.2) is 18.5 Å². The molecular formula is C14H18N6O. The number of carbonyl (C=O) groups is 1. The van der Waals surface area contributed by atoms with Gasteiger partial charge in [-0.1, -0.05) is 0 Å². The number of nitrogens with two attached hydrogens (primary N) is 1. The number of imidazole rings is 1. The van der Waals surface area contributed by atoms with Crippen molar-refractivity contribution in [1.82, 2.24) is 24.8 Å². The number of hydrogen-bond acceptors (Lipinski definition) is 5. The topological polar surface area (TPSA) is 101 Å². The van der Waals surface area contributed by atoms with Crippen molar-refractivity contribution >= 4 is 11.9 Å². The molecule has 0 aromatic carbocycles. The van der Waals surface area contributed by atoms with Gasteiger partial charge in [0.2, 0.25) is 5.95 Å². The van der Waals surface area contributed by atoms with Crippen LogP contribution in [-0.2, 0) is 0 Å². The number of amides is 1. The normalized spacial score (nSPS) is 16.1. The first kappa shape index (κ1) is 13.5. The molecule has 0 bridgehead atoms. The number of likely N-dealkylation sites (tertiary alicyclic amines) is 1. The molecule has 3 N–H and O–H groups in total. The Labute approximate surface area is 122 Å². The number of aromatic nitrogens is 4. The van der Waals surface area contributed by atoms with Gasteiger partial charge in [-0.25, -0.2) is 15.0 Å². The summed E-state index contributed by atoms with van der Waals surface area (Å²) in [5, 5.41) is 0. The molecular weight excluding hydrogens is 268 g/mol. The molecule has 1 amide bonds. The van der Waals surface area contributed by atoms with Gasteiger partial charge in [-0.15, -0.1) is 0 Å². The molecule has 1 aliphatic rings. The first-order valence-corrected chi connectivity index (χ1v) is 7.03. The largest absolute Gasteiger partial charge is 0.368 e. The van der Waals surface area contributed by atoms with Gasteiger partial charge in [-0.05, 0) is 25.8 Å². The van der Waals surface area contributed by atoms with Crippen LogP contribution < -0.4 is 5.73 Å². The second-order valence-electron chi connectivity index (χ2n) is 5.32. The number of carbonyl (C=O) groups excluding carboxylic acids is 1. The molecule has 21 heavy (non-hydrogen) atoms. The Balaban J connectivity index is 1.64. The van der Waals surface area contributed by atoms with Crippen molar-refractivity contribution in [2.45, 2.75) is 25.7 Å². The van der Waals surface area contributed by atoms with Gasteiger partial charge in [0.1, 0.15) is 0 Å². The molecule has 1 aliphatic heterocycles. The van der Waals surface area contributed by atoms with E-state index in [0.717, 1.165) is 24.2 Å². The Morgan fingerprint density at radius 2 is 2.14 bits per heavy atom. The van der Waals surface area contributed by atoms with Crippen molar-refractivity contribution in [2.24, 2.45) is 0 Å². The molecule has 0 radical (unpaired) electrons. The number of nitrogen functional groups attached to an aromatic ring is 1. The predicted octanol–water partition coefficient (Wildman–Crippen LogP) is 1.11. The van der Waals surface area contributed by atoms with Crippen LogP contribution in [0.4, 0.5) is 5.95 Å². The van der Waals surface area contributed by atoms with Crippen LogP contribution in [0.5, 0.6) is 0 Å². The number of nitrogens with one attached hydrogen (secondary N) is 1. The van der Waals surface area contributed by atoms with E-state index < -0.39 is 0 Å². The molecule has 0 atom stereocenters. The number of hydrogen-bond donors (Lipinski definition) is 2. The summed E-state index contributed by atoms with van der Waals surface area (Å²) in [5.41, 5.74) is 7.47. The van der Waals surface area contributed by atoms with E-state index in [1.54, 1.807) is 12.4 Å². The lowest BCUT2D eigenvalue weighted by molar-refractivity contribution is 0.0700. The van der Waals surface area contributed by atoms with Crippen molar-refractivity contribution < 1.29 is 4.79 Å². The molecule has 7 heteroatoms. The van der Waals surface area contributed by atoms with Crippen molar-refractivity contribution in [1.29, 1.82) is 0 Å². The SMILES string of the molecule is Cc1cnc(C(=O)N2CCC(c3ccnc(N)n3)CC2)[nH]1. The lowest BCUT2D eigenvalue weighted by Gasteiger charge is -2.31. The molecule has 0 aliphatic carbocycles. The van der Waals surface area contributed by atoms with E-state index in [-0.39, 0.29) is 5.91 Å². The summed E-state index contributed by atoms with van der Waals surface area (Å²) >= 11 is 0. The average Bonchev–Trinajstić information content (AvgIpc) is 2.93. The highest BCUT2D eigenvalue weighted by Gasteiger charge is 2.26. The number of nitrogens with zero attached hydrogens (tertiary/aromatic N) is 4. The maximum atomic E-state index is 12.3. The Hall–Kier alpha value is -2.44. The molecule has 110 valence electrons. The highest BCUT2D eigenvalue weighted by atomic mass is 16.2. The van der Waals surface area contributed by atoms with Crippen LogP contribution in [0, 0.1) is 6.92 Å². The van der Waals surface area contributed by atoms with E-state index >= 15 is 0 Å². The van der Waals surface area contributed by atoms with Crippen LogP contribution >= 0.6 is 0 Å².